The fourth-order valence-corrected chi connectivity index (χ4v) is 8.04. The summed E-state index contributed by atoms with van der Waals surface area (Å²) in [6.07, 6.45) is 0.660. The van der Waals surface area contributed by atoms with Crippen LogP contribution in [-0.2, 0) is 24.0 Å². The first kappa shape index (κ1) is 28.5. The Balaban J connectivity index is 0.972. The van der Waals surface area contributed by atoms with Crippen molar-refractivity contribution in [3.63, 3.8) is 0 Å². The van der Waals surface area contributed by atoms with Crippen LogP contribution in [0.2, 0.25) is 0 Å². The molecule has 0 fully saturated rings. The van der Waals surface area contributed by atoms with Gasteiger partial charge in [0, 0.05) is 30.3 Å². The molecule has 6 nitrogen and oxygen atoms in total. The van der Waals surface area contributed by atoms with Gasteiger partial charge in [0.05, 0.1) is 16.0 Å². The van der Waals surface area contributed by atoms with Crippen molar-refractivity contribution >= 4 is 78.2 Å². The molecule has 0 aliphatic rings. The molecule has 44 heavy (non-hydrogen) atoms. The third kappa shape index (κ3) is 5.93. The zero-order valence-electron chi connectivity index (χ0n) is 23.7. The second-order valence-electron chi connectivity index (χ2n) is 10.3. The molecule has 0 aliphatic carbocycles. The summed E-state index contributed by atoms with van der Waals surface area (Å²) < 4.78 is 18.1. The highest BCUT2D eigenvalue weighted by atomic mass is 32.2. The zero-order valence-corrected chi connectivity index (χ0v) is 26.1. The monoisotopic (exact) mass is 635 g/mol. The minimum Gasteiger partial charge on any atom is -0.325 e. The van der Waals surface area contributed by atoms with Gasteiger partial charge in [-0.05, 0) is 51.6 Å². The number of thioether (sulfide) groups is 2. The summed E-state index contributed by atoms with van der Waals surface area (Å²) in [5, 5.41) is 16.4. The average Bonchev–Trinajstić information content (AvgIpc) is 3.62. The molecule has 1 N–H and O–H groups in total. The van der Waals surface area contributed by atoms with Gasteiger partial charge in [0.2, 0.25) is 5.91 Å². The summed E-state index contributed by atoms with van der Waals surface area (Å²) >= 11 is 4.57. The minimum absolute atomic E-state index is 0.116. The van der Waals surface area contributed by atoms with E-state index in [2.05, 4.69) is 45.8 Å². The fourth-order valence-electron chi connectivity index (χ4n) is 5.20. The molecular formula is C34H26FN5OS3. The van der Waals surface area contributed by atoms with Gasteiger partial charge in [-0.2, -0.15) is 0 Å². The number of rotatable bonds is 9. The Labute approximate surface area is 265 Å². The van der Waals surface area contributed by atoms with Crippen molar-refractivity contribution in [3.05, 3.63) is 120 Å². The molecule has 0 saturated carbocycles. The number of amides is 1. The number of carbonyl (C=O) groups excluding carboxylic acids is 1. The van der Waals surface area contributed by atoms with Gasteiger partial charge in [-0.25, -0.2) is 9.37 Å². The number of benzene rings is 5. The van der Waals surface area contributed by atoms with Crippen LogP contribution in [0.3, 0.4) is 0 Å². The highest BCUT2D eigenvalue weighted by molar-refractivity contribution is 8.00. The molecule has 0 aliphatic heterocycles. The maximum absolute atomic E-state index is 14.2. The predicted octanol–water partition coefficient (Wildman–Crippen LogP) is 8.48. The van der Waals surface area contributed by atoms with E-state index in [1.807, 2.05) is 72.3 Å². The van der Waals surface area contributed by atoms with Gasteiger partial charge >= 0.3 is 0 Å². The van der Waals surface area contributed by atoms with Gasteiger partial charge < -0.3 is 9.88 Å². The van der Waals surface area contributed by atoms with Crippen LogP contribution < -0.4 is 5.32 Å². The van der Waals surface area contributed by atoms with Crippen molar-refractivity contribution in [3.8, 4) is 0 Å². The molecule has 1 amide bonds. The third-order valence-corrected chi connectivity index (χ3v) is 10.7. The quantitative estimate of drug-likeness (QED) is 0.160. The SMILES string of the molecule is Cn1c(Cc2cccc3ccccc23)nnc1SCC(=O)Nc1ccc2nc(SCc3ccc(F)c4ccccc34)sc2c1. The van der Waals surface area contributed by atoms with Crippen LogP contribution in [0.15, 0.2) is 107 Å². The van der Waals surface area contributed by atoms with Gasteiger partial charge in [-0.1, -0.05) is 96.3 Å². The second-order valence-corrected chi connectivity index (χ2v) is 13.5. The van der Waals surface area contributed by atoms with Crippen molar-refractivity contribution in [1.82, 2.24) is 19.7 Å². The van der Waals surface area contributed by atoms with Gasteiger partial charge in [-0.3, -0.25) is 4.79 Å². The summed E-state index contributed by atoms with van der Waals surface area (Å²) in [5.74, 6) is 1.43. The molecule has 0 atom stereocenters. The van der Waals surface area contributed by atoms with E-state index < -0.39 is 0 Å². The van der Waals surface area contributed by atoms with Crippen LogP contribution in [0.25, 0.3) is 31.8 Å². The van der Waals surface area contributed by atoms with Crippen LogP contribution in [0, 0.1) is 5.82 Å². The molecular weight excluding hydrogens is 610 g/mol. The number of fused-ring (bicyclic) bond motifs is 3. The Morgan fingerprint density at radius 3 is 2.55 bits per heavy atom. The highest BCUT2D eigenvalue weighted by Gasteiger charge is 2.14. The topological polar surface area (TPSA) is 72.7 Å². The number of nitrogens with zero attached hydrogens (tertiary/aromatic N) is 4. The number of halogens is 1. The van der Waals surface area contributed by atoms with Gasteiger partial charge in [-0.15, -0.1) is 21.5 Å². The van der Waals surface area contributed by atoms with Crippen molar-refractivity contribution in [2.45, 2.75) is 21.7 Å². The van der Waals surface area contributed by atoms with E-state index in [1.165, 1.54) is 34.2 Å². The lowest BCUT2D eigenvalue weighted by Gasteiger charge is -2.07. The molecule has 7 aromatic rings. The van der Waals surface area contributed by atoms with E-state index in [9.17, 15) is 9.18 Å². The Morgan fingerprint density at radius 2 is 1.66 bits per heavy atom. The van der Waals surface area contributed by atoms with E-state index in [0.29, 0.717) is 22.7 Å². The number of hydrogen-bond donors (Lipinski definition) is 1. The number of anilines is 1. The molecule has 10 heteroatoms. The summed E-state index contributed by atoms with van der Waals surface area (Å²) in [7, 11) is 1.94. The maximum Gasteiger partial charge on any atom is 0.234 e. The number of nitrogens with one attached hydrogen (secondary N) is 1. The molecule has 5 aromatic carbocycles. The first-order chi connectivity index (χ1) is 21.5. The number of carbonyl (C=O) groups is 1. The molecule has 218 valence electrons. The number of hydrogen-bond acceptors (Lipinski definition) is 7. The largest absolute Gasteiger partial charge is 0.325 e. The molecule has 0 spiro atoms. The lowest BCUT2D eigenvalue weighted by Crippen LogP contribution is -2.14. The lowest BCUT2D eigenvalue weighted by atomic mass is 10.0. The Morgan fingerprint density at radius 1 is 0.864 bits per heavy atom. The highest BCUT2D eigenvalue weighted by Crippen LogP contribution is 2.35. The Hall–Kier alpha value is -4.25. The van der Waals surface area contributed by atoms with E-state index >= 15 is 0 Å². The van der Waals surface area contributed by atoms with Crippen molar-refractivity contribution in [2.24, 2.45) is 7.05 Å². The van der Waals surface area contributed by atoms with Crippen molar-refractivity contribution < 1.29 is 9.18 Å². The van der Waals surface area contributed by atoms with Crippen LogP contribution >= 0.6 is 34.9 Å². The van der Waals surface area contributed by atoms with E-state index in [1.54, 1.807) is 23.1 Å². The normalized spacial score (nSPS) is 11.5. The van der Waals surface area contributed by atoms with Crippen LogP contribution in [-0.4, -0.2) is 31.4 Å². The molecule has 7 rings (SSSR count). The van der Waals surface area contributed by atoms with Gasteiger partial charge in [0.15, 0.2) is 9.50 Å². The molecule has 0 radical (unpaired) electrons. The molecule has 2 aromatic heterocycles. The Bertz CT molecular complexity index is 2150. The first-order valence-electron chi connectivity index (χ1n) is 14.0. The van der Waals surface area contributed by atoms with Crippen LogP contribution in [0.5, 0.6) is 0 Å². The summed E-state index contributed by atoms with van der Waals surface area (Å²) in [5.41, 5.74) is 3.87. The van der Waals surface area contributed by atoms with Crippen molar-refractivity contribution in [1.29, 1.82) is 0 Å². The van der Waals surface area contributed by atoms with E-state index in [0.717, 1.165) is 37.0 Å². The van der Waals surface area contributed by atoms with E-state index in [-0.39, 0.29) is 17.5 Å². The summed E-state index contributed by atoms with van der Waals surface area (Å²) in [6.45, 7) is 0. The van der Waals surface area contributed by atoms with Gasteiger partial charge in [0.25, 0.3) is 0 Å². The van der Waals surface area contributed by atoms with Crippen molar-refractivity contribution in [2.75, 3.05) is 11.1 Å². The minimum atomic E-state index is -0.208. The van der Waals surface area contributed by atoms with Crippen LogP contribution in [0.4, 0.5) is 10.1 Å². The summed E-state index contributed by atoms with van der Waals surface area (Å²) in [4.78, 5) is 17.6. The zero-order chi connectivity index (χ0) is 30.0. The third-order valence-electron chi connectivity index (χ3n) is 7.45. The first-order valence-corrected chi connectivity index (χ1v) is 16.8. The van der Waals surface area contributed by atoms with E-state index in [4.69, 9.17) is 4.98 Å². The Kier molecular flexibility index (Phi) is 8.03. The molecule has 0 bridgehead atoms. The standard InChI is InChI=1S/C34H26FN5OS3/c1-40-31(17-22-9-6-8-21-7-2-3-10-25(21)22)38-39-33(40)42-20-32(41)36-24-14-16-29-30(18-24)44-34(37-29)43-19-23-13-15-28(35)27-12-5-4-11-26(23)27/h2-16,18H,17,19-20H2,1H3,(H,36,41). The van der Waals surface area contributed by atoms with Gasteiger partial charge in [0.1, 0.15) is 11.6 Å². The average molecular weight is 636 g/mol. The number of thiazole rings is 1. The smallest absolute Gasteiger partial charge is 0.234 e. The fraction of sp³-hybridized carbons (Fsp3) is 0.118. The molecule has 2 heterocycles. The summed E-state index contributed by atoms with van der Waals surface area (Å²) in [6, 6.07) is 31.3. The van der Waals surface area contributed by atoms with Crippen LogP contribution in [0.1, 0.15) is 17.0 Å². The maximum atomic E-state index is 14.2. The molecule has 0 unspecified atom stereocenters. The molecule has 0 saturated heterocycles. The predicted molar refractivity (Wildman–Crippen MR) is 180 cm³/mol. The second kappa shape index (κ2) is 12.4. The lowest BCUT2D eigenvalue weighted by molar-refractivity contribution is -0.113. The number of aromatic nitrogens is 4.